The van der Waals surface area contributed by atoms with Crippen molar-refractivity contribution in [3.8, 4) is 12.3 Å². The Kier molecular flexibility index (Phi) is 5.06. The van der Waals surface area contributed by atoms with E-state index < -0.39 is 0 Å². The maximum Gasteiger partial charge on any atom is 0.0739 e. The van der Waals surface area contributed by atoms with Crippen LogP contribution in [0, 0.1) is 17.8 Å². The molecule has 0 bridgehead atoms. The summed E-state index contributed by atoms with van der Waals surface area (Å²) in [6.45, 7) is 8.95. The maximum atomic E-state index is 5.45. The average molecular weight is 271 g/mol. The highest BCUT2D eigenvalue weighted by Gasteiger charge is 2.29. The van der Waals surface area contributed by atoms with Crippen LogP contribution in [0.15, 0.2) is 29.3 Å². The van der Waals surface area contributed by atoms with E-state index in [2.05, 4.69) is 68.1 Å². The quantitative estimate of drug-likeness (QED) is 0.410. The number of nitrogens with zero attached hydrogens (tertiary/aromatic N) is 1. The van der Waals surface area contributed by atoms with E-state index in [0.29, 0.717) is 0 Å². The molecule has 0 N–H and O–H groups in total. The summed E-state index contributed by atoms with van der Waals surface area (Å²) in [5.41, 5.74) is 2.36. The highest BCUT2D eigenvalue weighted by molar-refractivity contribution is 7.78. The van der Waals surface area contributed by atoms with Crippen molar-refractivity contribution in [3.63, 3.8) is 0 Å². The molecule has 100 valence electrons. The van der Waals surface area contributed by atoms with Crippen molar-refractivity contribution in [2.24, 2.45) is 10.4 Å². The Bertz CT molecular complexity index is 511. The van der Waals surface area contributed by atoms with Crippen LogP contribution in [-0.2, 0) is 5.41 Å². The normalized spacial score (nSPS) is 11.5. The van der Waals surface area contributed by atoms with Crippen molar-refractivity contribution >= 4 is 23.1 Å². The molecule has 0 aliphatic carbocycles. The molecule has 19 heavy (non-hydrogen) atoms. The third-order valence-electron chi connectivity index (χ3n) is 3.32. The van der Waals surface area contributed by atoms with Crippen LogP contribution in [0.5, 0.6) is 0 Å². The second-order valence-corrected chi connectivity index (χ2v) is 6.54. The zero-order valence-corrected chi connectivity index (χ0v) is 13.0. The van der Waals surface area contributed by atoms with Gasteiger partial charge in [0.15, 0.2) is 0 Å². The summed E-state index contributed by atoms with van der Waals surface area (Å²) in [7, 11) is 0. The van der Waals surface area contributed by atoms with Gasteiger partial charge >= 0.3 is 0 Å². The molecule has 0 aliphatic heterocycles. The van der Waals surface area contributed by atoms with E-state index in [1.807, 2.05) is 12.1 Å². The zero-order chi connectivity index (χ0) is 14.5. The van der Waals surface area contributed by atoms with Gasteiger partial charge in [0.1, 0.15) is 0 Å². The molecule has 2 heteroatoms. The minimum atomic E-state index is 0.0836. The van der Waals surface area contributed by atoms with Crippen LogP contribution in [-0.4, -0.2) is 5.16 Å². The van der Waals surface area contributed by atoms with Gasteiger partial charge in [0, 0.05) is 6.42 Å². The molecule has 0 aromatic heterocycles. The third kappa shape index (κ3) is 4.63. The molecule has 0 saturated carbocycles. The first kappa shape index (κ1) is 15.6. The minimum absolute atomic E-state index is 0.0836. The Morgan fingerprint density at radius 1 is 1.16 bits per heavy atom. The molecule has 0 unspecified atom stereocenters. The van der Waals surface area contributed by atoms with E-state index in [1.165, 1.54) is 5.56 Å². The van der Waals surface area contributed by atoms with Crippen LogP contribution in [0.2, 0.25) is 0 Å². The standard InChI is InChI=1S/C17H21NS/c1-6-11-16(2,3)12-17(4,5)14-7-9-15(10-8-14)18-13-19/h1,7-10H,11-12H2,2-5H3. The summed E-state index contributed by atoms with van der Waals surface area (Å²) in [6.07, 6.45) is 7.28. The lowest BCUT2D eigenvalue weighted by Gasteiger charge is -2.34. The first-order valence-electron chi connectivity index (χ1n) is 6.43. The van der Waals surface area contributed by atoms with Gasteiger partial charge in [-0.3, -0.25) is 0 Å². The molecule has 0 spiro atoms. The predicted octanol–water partition coefficient (Wildman–Crippen LogP) is 5.14. The van der Waals surface area contributed by atoms with Crippen molar-refractivity contribution in [1.82, 2.24) is 0 Å². The summed E-state index contributed by atoms with van der Waals surface area (Å²) in [6, 6.07) is 8.17. The van der Waals surface area contributed by atoms with Crippen molar-refractivity contribution < 1.29 is 0 Å². The number of isothiocyanates is 1. The van der Waals surface area contributed by atoms with E-state index in [9.17, 15) is 0 Å². The first-order valence-corrected chi connectivity index (χ1v) is 6.83. The number of aliphatic imine (C=N–C) groups is 1. The Hall–Kier alpha value is -1.42. The molecule has 1 nitrogen and oxygen atoms in total. The lowest BCUT2D eigenvalue weighted by Crippen LogP contribution is -2.26. The Morgan fingerprint density at radius 3 is 2.21 bits per heavy atom. The van der Waals surface area contributed by atoms with Crippen molar-refractivity contribution in [2.75, 3.05) is 0 Å². The summed E-state index contributed by atoms with van der Waals surface area (Å²) in [4.78, 5) is 3.97. The molecule has 1 aromatic rings. The fraction of sp³-hybridized carbons (Fsp3) is 0.471. The fourth-order valence-corrected chi connectivity index (χ4v) is 2.78. The number of thiocarbonyl (C=S) groups is 1. The molecule has 0 aliphatic rings. The topological polar surface area (TPSA) is 12.4 Å². The van der Waals surface area contributed by atoms with Gasteiger partial charge in [-0.25, -0.2) is 0 Å². The number of benzene rings is 1. The van der Waals surface area contributed by atoms with Gasteiger partial charge in [-0.2, -0.15) is 4.99 Å². The number of hydrogen-bond acceptors (Lipinski definition) is 2. The zero-order valence-electron chi connectivity index (χ0n) is 12.2. The van der Waals surface area contributed by atoms with Gasteiger partial charge in [0.2, 0.25) is 0 Å². The molecule has 0 atom stereocenters. The average Bonchev–Trinajstić information content (AvgIpc) is 2.28. The highest BCUT2D eigenvalue weighted by Crippen LogP contribution is 2.38. The Balaban J connectivity index is 2.94. The molecule has 1 rings (SSSR count). The maximum absolute atomic E-state index is 5.45. The molecule has 0 saturated heterocycles. The van der Waals surface area contributed by atoms with Crippen molar-refractivity contribution in [2.45, 2.75) is 46.0 Å². The molecular weight excluding hydrogens is 250 g/mol. The van der Waals surface area contributed by atoms with Crippen LogP contribution >= 0.6 is 12.2 Å². The van der Waals surface area contributed by atoms with Gasteiger partial charge in [-0.15, -0.1) is 12.3 Å². The predicted molar refractivity (Wildman–Crippen MR) is 86.0 cm³/mol. The van der Waals surface area contributed by atoms with Crippen molar-refractivity contribution in [3.05, 3.63) is 29.8 Å². The van der Waals surface area contributed by atoms with E-state index in [1.54, 1.807) is 0 Å². The van der Waals surface area contributed by atoms with Crippen LogP contribution in [0.4, 0.5) is 5.69 Å². The second-order valence-electron chi connectivity index (χ2n) is 6.36. The molecule has 0 amide bonds. The Labute approximate surface area is 122 Å². The summed E-state index contributed by atoms with van der Waals surface area (Å²) in [5, 5.41) is 2.38. The smallest absolute Gasteiger partial charge is 0.0739 e. The SMILES string of the molecule is C#CCC(C)(C)CC(C)(C)c1ccc(N=C=S)cc1. The van der Waals surface area contributed by atoms with Crippen LogP contribution < -0.4 is 0 Å². The lowest BCUT2D eigenvalue weighted by molar-refractivity contribution is 0.263. The van der Waals surface area contributed by atoms with Crippen molar-refractivity contribution in [1.29, 1.82) is 0 Å². The van der Waals surface area contributed by atoms with Gasteiger partial charge in [-0.05, 0) is 47.2 Å². The van der Waals surface area contributed by atoms with Gasteiger partial charge < -0.3 is 0 Å². The monoisotopic (exact) mass is 271 g/mol. The summed E-state index contributed by atoms with van der Waals surface area (Å²) < 4.78 is 0. The highest BCUT2D eigenvalue weighted by atomic mass is 32.1. The summed E-state index contributed by atoms with van der Waals surface area (Å²) >= 11 is 4.61. The van der Waals surface area contributed by atoms with Crippen LogP contribution in [0.3, 0.4) is 0 Å². The number of terminal acetylenes is 1. The number of hydrogen-bond donors (Lipinski definition) is 0. The van der Waals surface area contributed by atoms with Crippen LogP contribution in [0.25, 0.3) is 0 Å². The van der Waals surface area contributed by atoms with E-state index >= 15 is 0 Å². The minimum Gasteiger partial charge on any atom is -0.195 e. The molecule has 0 fully saturated rings. The van der Waals surface area contributed by atoms with Gasteiger partial charge in [0.05, 0.1) is 10.8 Å². The van der Waals surface area contributed by atoms with Crippen LogP contribution in [0.1, 0.15) is 46.1 Å². The Morgan fingerprint density at radius 2 is 1.74 bits per heavy atom. The second kappa shape index (κ2) is 6.15. The molecule has 0 heterocycles. The molecular formula is C17H21NS. The molecule has 1 aromatic carbocycles. The lowest BCUT2D eigenvalue weighted by atomic mass is 9.70. The molecule has 0 radical (unpaired) electrons. The van der Waals surface area contributed by atoms with E-state index in [4.69, 9.17) is 6.42 Å². The largest absolute Gasteiger partial charge is 0.195 e. The fourth-order valence-electron chi connectivity index (χ4n) is 2.68. The van der Waals surface area contributed by atoms with Gasteiger partial charge in [-0.1, -0.05) is 39.8 Å². The number of rotatable bonds is 5. The van der Waals surface area contributed by atoms with E-state index in [0.717, 1.165) is 18.5 Å². The van der Waals surface area contributed by atoms with E-state index in [-0.39, 0.29) is 10.8 Å². The first-order chi connectivity index (χ1) is 8.80. The van der Waals surface area contributed by atoms with Gasteiger partial charge in [0.25, 0.3) is 0 Å². The third-order valence-corrected chi connectivity index (χ3v) is 3.42. The summed E-state index contributed by atoms with van der Waals surface area (Å²) in [5.74, 6) is 2.77.